The zero-order valence-electron chi connectivity index (χ0n) is 15.3. The largest absolute Gasteiger partial charge is 0.383 e. The summed E-state index contributed by atoms with van der Waals surface area (Å²) in [5, 5.41) is 6.02. The van der Waals surface area contributed by atoms with E-state index < -0.39 is 0 Å². The molecule has 130 valence electrons. The lowest BCUT2D eigenvalue weighted by atomic mass is 10.1. The molecule has 2 rings (SSSR count). The monoisotopic (exact) mass is 342 g/mol. The van der Waals surface area contributed by atoms with Crippen molar-refractivity contribution in [1.82, 2.24) is 5.32 Å². The molecular weight excluding hydrogens is 312 g/mol. The number of unbranched alkanes of at least 4 members (excludes halogenated alkanes) is 1. The van der Waals surface area contributed by atoms with Crippen LogP contribution in [0.15, 0.2) is 67.2 Å². The van der Waals surface area contributed by atoms with Gasteiger partial charge in [-0.2, -0.15) is 0 Å². The summed E-state index contributed by atoms with van der Waals surface area (Å²) in [7, 11) is 1.81. The number of hydrogen-bond donors (Lipinski definition) is 2. The van der Waals surface area contributed by atoms with Crippen molar-refractivity contribution in [3.8, 4) is 0 Å². The van der Waals surface area contributed by atoms with Crippen molar-refractivity contribution < 1.29 is 0 Å². The summed E-state index contributed by atoms with van der Waals surface area (Å²) in [4.78, 5) is 0.838. The van der Waals surface area contributed by atoms with E-state index in [1.54, 1.807) is 0 Å². The van der Waals surface area contributed by atoms with Gasteiger partial charge in [0.2, 0.25) is 0 Å². The molecule has 0 aliphatic carbocycles. The molecule has 0 aliphatic rings. The van der Waals surface area contributed by atoms with Crippen molar-refractivity contribution >= 4 is 28.6 Å². The van der Waals surface area contributed by atoms with Gasteiger partial charge in [-0.05, 0) is 24.6 Å². The van der Waals surface area contributed by atoms with Gasteiger partial charge in [0, 0.05) is 18.4 Å². The molecule has 0 aliphatic heterocycles. The average molecular weight is 343 g/mol. The second kappa shape index (κ2) is 14.5. The quantitative estimate of drug-likeness (QED) is 0.654. The first-order chi connectivity index (χ1) is 11.5. The SMILES string of the molecule is C=C(Nc1ccccc1)c1ccccc1.CCCC.CNC(C)=S. The summed E-state index contributed by atoms with van der Waals surface area (Å²) in [5.74, 6) is 0. The average Bonchev–Trinajstić information content (AvgIpc) is 2.64. The summed E-state index contributed by atoms with van der Waals surface area (Å²) in [6, 6.07) is 20.1. The van der Waals surface area contributed by atoms with Gasteiger partial charge in [-0.15, -0.1) is 0 Å². The molecule has 0 saturated heterocycles. The first-order valence-electron chi connectivity index (χ1n) is 8.29. The third kappa shape index (κ3) is 11.4. The van der Waals surface area contributed by atoms with Crippen LogP contribution in [0.25, 0.3) is 5.70 Å². The highest BCUT2D eigenvalue weighted by molar-refractivity contribution is 7.80. The first-order valence-corrected chi connectivity index (χ1v) is 8.70. The van der Waals surface area contributed by atoms with Crippen molar-refractivity contribution in [3.05, 3.63) is 72.8 Å². The minimum atomic E-state index is 0.838. The van der Waals surface area contributed by atoms with Gasteiger partial charge in [-0.1, -0.05) is 94.0 Å². The normalized spacial score (nSPS) is 8.67. The number of hydrogen-bond acceptors (Lipinski definition) is 2. The molecule has 2 aromatic carbocycles. The number of para-hydroxylation sites is 1. The summed E-state index contributed by atoms with van der Waals surface area (Å²) in [6.07, 6.45) is 2.64. The van der Waals surface area contributed by atoms with Gasteiger partial charge in [-0.25, -0.2) is 0 Å². The Bertz CT molecular complexity index is 563. The number of rotatable bonds is 4. The van der Waals surface area contributed by atoms with Gasteiger partial charge in [-0.3, -0.25) is 0 Å². The van der Waals surface area contributed by atoms with E-state index >= 15 is 0 Å². The lowest BCUT2D eigenvalue weighted by Crippen LogP contribution is -2.09. The standard InChI is InChI=1S/C14H13N.C4H10.C3H7NS/c1-12(13-8-4-2-5-9-13)15-14-10-6-3-7-11-14;1-3-4-2;1-3(5)4-2/h2-11,15H,1H2;3-4H2,1-2H3;1-2H3,(H,4,5). The predicted octanol–water partition coefficient (Wildman–Crippen LogP) is 6.13. The van der Waals surface area contributed by atoms with Crippen LogP contribution in [-0.2, 0) is 0 Å². The second-order valence-electron chi connectivity index (χ2n) is 5.14. The highest BCUT2D eigenvalue weighted by Gasteiger charge is 1.96. The third-order valence-corrected chi connectivity index (χ3v) is 3.25. The van der Waals surface area contributed by atoms with Crippen LogP contribution in [0.2, 0.25) is 0 Å². The minimum Gasteiger partial charge on any atom is -0.383 e. The second-order valence-corrected chi connectivity index (χ2v) is 5.75. The summed E-state index contributed by atoms with van der Waals surface area (Å²) < 4.78 is 0. The Morgan fingerprint density at radius 2 is 1.33 bits per heavy atom. The molecule has 0 saturated carbocycles. The van der Waals surface area contributed by atoms with Crippen molar-refractivity contribution in [2.75, 3.05) is 12.4 Å². The van der Waals surface area contributed by atoms with Crippen LogP contribution in [0.3, 0.4) is 0 Å². The number of anilines is 1. The Balaban J connectivity index is 0.000000492. The molecule has 2 nitrogen and oxygen atoms in total. The Hall–Kier alpha value is -2.13. The van der Waals surface area contributed by atoms with Crippen LogP contribution in [0.5, 0.6) is 0 Å². The van der Waals surface area contributed by atoms with Crippen LogP contribution >= 0.6 is 12.2 Å². The molecule has 0 bridgehead atoms. The molecule has 24 heavy (non-hydrogen) atoms. The maximum Gasteiger partial charge on any atom is 0.0719 e. The molecule has 0 atom stereocenters. The Labute approximate surface area is 153 Å². The smallest absolute Gasteiger partial charge is 0.0719 e. The zero-order chi connectivity index (χ0) is 18.2. The number of benzene rings is 2. The Kier molecular flexibility index (Phi) is 13.2. The van der Waals surface area contributed by atoms with E-state index in [2.05, 4.69) is 43.3 Å². The molecule has 0 fully saturated rings. The lowest BCUT2D eigenvalue weighted by molar-refractivity contribution is 0.886. The van der Waals surface area contributed by atoms with Crippen LogP contribution in [-0.4, -0.2) is 12.0 Å². The van der Waals surface area contributed by atoms with E-state index in [4.69, 9.17) is 0 Å². The Morgan fingerprint density at radius 1 is 0.917 bits per heavy atom. The number of thiocarbonyl (C=S) groups is 1. The Morgan fingerprint density at radius 3 is 1.71 bits per heavy atom. The fourth-order valence-corrected chi connectivity index (χ4v) is 1.41. The molecule has 0 amide bonds. The summed E-state index contributed by atoms with van der Waals surface area (Å²) in [6.45, 7) is 10.2. The predicted molar refractivity (Wildman–Crippen MR) is 113 cm³/mol. The van der Waals surface area contributed by atoms with E-state index in [0.717, 1.165) is 21.9 Å². The van der Waals surface area contributed by atoms with Crippen molar-refractivity contribution in [1.29, 1.82) is 0 Å². The van der Waals surface area contributed by atoms with Crippen molar-refractivity contribution in [3.63, 3.8) is 0 Å². The highest BCUT2D eigenvalue weighted by Crippen LogP contribution is 2.15. The van der Waals surface area contributed by atoms with Crippen LogP contribution in [0.1, 0.15) is 39.2 Å². The van der Waals surface area contributed by atoms with E-state index in [0.29, 0.717) is 0 Å². The van der Waals surface area contributed by atoms with E-state index in [-0.39, 0.29) is 0 Å². The molecule has 2 aromatic rings. The maximum absolute atomic E-state index is 4.59. The van der Waals surface area contributed by atoms with Gasteiger partial charge in [0.1, 0.15) is 0 Å². The first kappa shape index (κ1) is 21.9. The minimum absolute atomic E-state index is 0.838. The lowest BCUT2D eigenvalue weighted by Gasteiger charge is -2.09. The molecule has 0 unspecified atom stereocenters. The van der Waals surface area contributed by atoms with Crippen LogP contribution in [0.4, 0.5) is 5.69 Å². The van der Waals surface area contributed by atoms with Crippen LogP contribution < -0.4 is 10.6 Å². The van der Waals surface area contributed by atoms with E-state index in [9.17, 15) is 0 Å². The van der Waals surface area contributed by atoms with Crippen molar-refractivity contribution in [2.24, 2.45) is 0 Å². The van der Waals surface area contributed by atoms with Gasteiger partial charge in [0.05, 0.1) is 4.99 Å². The molecule has 0 heterocycles. The van der Waals surface area contributed by atoms with Gasteiger partial charge < -0.3 is 10.6 Å². The van der Waals surface area contributed by atoms with Gasteiger partial charge >= 0.3 is 0 Å². The highest BCUT2D eigenvalue weighted by atomic mass is 32.1. The summed E-state index contributed by atoms with van der Waals surface area (Å²) >= 11 is 4.59. The number of nitrogens with one attached hydrogen (secondary N) is 2. The van der Waals surface area contributed by atoms with Crippen LogP contribution in [0, 0.1) is 0 Å². The zero-order valence-corrected chi connectivity index (χ0v) is 16.1. The molecule has 3 heteroatoms. The van der Waals surface area contributed by atoms with Crippen molar-refractivity contribution in [2.45, 2.75) is 33.6 Å². The molecule has 0 radical (unpaired) electrons. The van der Waals surface area contributed by atoms with E-state index in [1.165, 1.54) is 12.8 Å². The summed E-state index contributed by atoms with van der Waals surface area (Å²) in [5.41, 5.74) is 3.09. The molecular formula is C21H30N2S. The molecule has 0 aromatic heterocycles. The van der Waals surface area contributed by atoms with Gasteiger partial charge in [0.15, 0.2) is 0 Å². The van der Waals surface area contributed by atoms with E-state index in [1.807, 2.05) is 74.6 Å². The maximum atomic E-state index is 4.59. The topological polar surface area (TPSA) is 24.1 Å². The fraction of sp³-hybridized carbons (Fsp3) is 0.286. The van der Waals surface area contributed by atoms with Gasteiger partial charge in [0.25, 0.3) is 0 Å². The fourth-order valence-electron chi connectivity index (χ4n) is 1.41. The molecule has 0 spiro atoms. The molecule has 2 N–H and O–H groups in total. The third-order valence-electron chi connectivity index (χ3n) is 3.04.